The Kier molecular flexibility index (Phi) is 5.12. The summed E-state index contributed by atoms with van der Waals surface area (Å²) in [6.45, 7) is 4.66. The standard InChI is InChI=1S/C23H28N6O/c1-3-30-15(2)29-13-17(12-26-29)16-9-10-20-19(11-16)21-22(24-14-25-23(21)28-20)27-18-7-5-4-6-8-18/h9-15,18H,3-8H2,1-2H3,(H2,24,25,27,28). The number of hydrogen-bond donors (Lipinski definition) is 2. The topological polar surface area (TPSA) is 80.7 Å². The maximum Gasteiger partial charge on any atom is 0.147 e. The molecule has 1 fully saturated rings. The van der Waals surface area contributed by atoms with Gasteiger partial charge in [-0.15, -0.1) is 0 Å². The minimum absolute atomic E-state index is 0.0831. The number of aromatic amines is 1. The molecule has 156 valence electrons. The summed E-state index contributed by atoms with van der Waals surface area (Å²) >= 11 is 0. The first-order valence-electron chi connectivity index (χ1n) is 10.9. The Morgan fingerprint density at radius 3 is 2.90 bits per heavy atom. The number of rotatable bonds is 6. The molecule has 4 aromatic rings. The van der Waals surface area contributed by atoms with E-state index in [-0.39, 0.29) is 6.23 Å². The molecule has 0 bridgehead atoms. The molecule has 3 heterocycles. The summed E-state index contributed by atoms with van der Waals surface area (Å²) in [7, 11) is 0. The molecule has 0 saturated heterocycles. The van der Waals surface area contributed by atoms with E-state index in [1.54, 1.807) is 6.33 Å². The second-order valence-corrected chi connectivity index (χ2v) is 8.07. The van der Waals surface area contributed by atoms with Crippen molar-refractivity contribution in [2.45, 2.75) is 58.2 Å². The van der Waals surface area contributed by atoms with Crippen LogP contribution in [0.1, 0.15) is 52.2 Å². The molecule has 1 aliphatic rings. The van der Waals surface area contributed by atoms with E-state index < -0.39 is 0 Å². The molecule has 0 spiro atoms. The van der Waals surface area contributed by atoms with Gasteiger partial charge in [0.15, 0.2) is 0 Å². The van der Waals surface area contributed by atoms with Gasteiger partial charge in [-0.2, -0.15) is 5.10 Å². The average molecular weight is 405 g/mol. The van der Waals surface area contributed by atoms with Gasteiger partial charge in [0.2, 0.25) is 0 Å². The predicted molar refractivity (Wildman–Crippen MR) is 119 cm³/mol. The maximum absolute atomic E-state index is 5.65. The molecule has 0 aliphatic heterocycles. The van der Waals surface area contributed by atoms with Crippen molar-refractivity contribution in [2.75, 3.05) is 11.9 Å². The molecule has 7 heteroatoms. The minimum atomic E-state index is -0.0831. The Bertz CT molecular complexity index is 1160. The maximum atomic E-state index is 5.65. The van der Waals surface area contributed by atoms with Gasteiger partial charge < -0.3 is 15.0 Å². The Morgan fingerprint density at radius 1 is 1.20 bits per heavy atom. The van der Waals surface area contributed by atoms with E-state index in [9.17, 15) is 0 Å². The molecule has 1 aliphatic carbocycles. The number of aromatic nitrogens is 5. The van der Waals surface area contributed by atoms with Crippen LogP contribution >= 0.6 is 0 Å². The molecule has 3 aromatic heterocycles. The summed E-state index contributed by atoms with van der Waals surface area (Å²) in [6.07, 6.45) is 11.8. The zero-order chi connectivity index (χ0) is 20.5. The van der Waals surface area contributed by atoms with Gasteiger partial charge in [-0.3, -0.25) is 0 Å². The van der Waals surface area contributed by atoms with Crippen LogP contribution in [0, 0.1) is 0 Å². The fraction of sp³-hybridized carbons (Fsp3) is 0.435. The second kappa shape index (κ2) is 8.07. The van der Waals surface area contributed by atoms with Crippen molar-refractivity contribution in [1.29, 1.82) is 0 Å². The first-order valence-corrected chi connectivity index (χ1v) is 10.9. The van der Waals surface area contributed by atoms with Crippen LogP contribution in [-0.2, 0) is 4.74 Å². The summed E-state index contributed by atoms with van der Waals surface area (Å²) in [5.74, 6) is 0.927. The fourth-order valence-corrected chi connectivity index (χ4v) is 4.46. The molecular weight excluding hydrogens is 376 g/mol. The monoisotopic (exact) mass is 404 g/mol. The smallest absolute Gasteiger partial charge is 0.147 e. The Balaban J connectivity index is 1.54. The van der Waals surface area contributed by atoms with Crippen LogP contribution < -0.4 is 5.32 Å². The van der Waals surface area contributed by atoms with Crippen LogP contribution in [0.15, 0.2) is 36.9 Å². The minimum Gasteiger partial charge on any atom is -0.367 e. The lowest BCUT2D eigenvalue weighted by molar-refractivity contribution is 0.0160. The van der Waals surface area contributed by atoms with Gasteiger partial charge in [0.05, 0.1) is 11.6 Å². The highest BCUT2D eigenvalue weighted by Crippen LogP contribution is 2.33. The lowest BCUT2D eigenvalue weighted by Gasteiger charge is -2.23. The van der Waals surface area contributed by atoms with Crippen LogP contribution in [0.5, 0.6) is 0 Å². The molecule has 2 N–H and O–H groups in total. The first-order chi connectivity index (χ1) is 14.7. The first kappa shape index (κ1) is 19.1. The molecule has 0 amide bonds. The third-order valence-corrected chi connectivity index (χ3v) is 6.05. The molecule has 5 rings (SSSR count). The van der Waals surface area contributed by atoms with Gasteiger partial charge in [0.25, 0.3) is 0 Å². The average Bonchev–Trinajstić information content (AvgIpc) is 3.40. The van der Waals surface area contributed by atoms with Crippen molar-refractivity contribution < 1.29 is 4.74 Å². The highest BCUT2D eigenvalue weighted by Gasteiger charge is 2.18. The number of anilines is 1. The number of H-pyrrole nitrogens is 1. The van der Waals surface area contributed by atoms with E-state index in [0.29, 0.717) is 12.6 Å². The van der Waals surface area contributed by atoms with E-state index in [1.165, 1.54) is 32.1 Å². The van der Waals surface area contributed by atoms with Crippen LogP contribution in [0.4, 0.5) is 5.82 Å². The third kappa shape index (κ3) is 3.54. The van der Waals surface area contributed by atoms with Gasteiger partial charge >= 0.3 is 0 Å². The highest BCUT2D eigenvalue weighted by atomic mass is 16.5. The van der Waals surface area contributed by atoms with Crippen molar-refractivity contribution >= 4 is 27.8 Å². The van der Waals surface area contributed by atoms with Crippen molar-refractivity contribution in [3.63, 3.8) is 0 Å². The van der Waals surface area contributed by atoms with Gasteiger partial charge in [0.1, 0.15) is 24.0 Å². The molecule has 30 heavy (non-hydrogen) atoms. The van der Waals surface area contributed by atoms with Gasteiger partial charge in [0, 0.05) is 35.3 Å². The predicted octanol–water partition coefficient (Wildman–Crippen LogP) is 5.27. The number of ether oxygens (including phenoxy) is 1. The quantitative estimate of drug-likeness (QED) is 0.457. The molecule has 1 aromatic carbocycles. The number of nitrogens with zero attached hydrogens (tertiary/aromatic N) is 4. The van der Waals surface area contributed by atoms with Crippen molar-refractivity contribution in [3.8, 4) is 11.1 Å². The highest BCUT2D eigenvalue weighted by molar-refractivity contribution is 6.12. The van der Waals surface area contributed by atoms with E-state index in [4.69, 9.17) is 4.74 Å². The summed E-state index contributed by atoms with van der Waals surface area (Å²) in [5, 5.41) is 10.4. The number of nitrogens with one attached hydrogen (secondary N) is 2. The zero-order valence-corrected chi connectivity index (χ0v) is 17.6. The molecular formula is C23H28N6O. The van der Waals surface area contributed by atoms with Crippen LogP contribution in [-0.4, -0.2) is 37.4 Å². The third-order valence-electron chi connectivity index (χ3n) is 6.05. The summed E-state index contributed by atoms with van der Waals surface area (Å²) < 4.78 is 7.51. The summed E-state index contributed by atoms with van der Waals surface area (Å²) in [5.41, 5.74) is 4.12. The second-order valence-electron chi connectivity index (χ2n) is 8.07. The van der Waals surface area contributed by atoms with E-state index in [2.05, 4.69) is 43.6 Å². The number of hydrogen-bond acceptors (Lipinski definition) is 5. The molecule has 1 atom stereocenters. The molecule has 1 saturated carbocycles. The Morgan fingerprint density at radius 2 is 2.07 bits per heavy atom. The molecule has 7 nitrogen and oxygen atoms in total. The fourth-order valence-electron chi connectivity index (χ4n) is 4.46. The lowest BCUT2D eigenvalue weighted by Crippen LogP contribution is -2.22. The number of benzene rings is 1. The van der Waals surface area contributed by atoms with Crippen molar-refractivity contribution in [1.82, 2.24) is 24.7 Å². The van der Waals surface area contributed by atoms with Gasteiger partial charge in [-0.25, -0.2) is 14.6 Å². The van der Waals surface area contributed by atoms with Gasteiger partial charge in [-0.05, 0) is 44.4 Å². The summed E-state index contributed by atoms with van der Waals surface area (Å²) in [6, 6.07) is 6.92. The lowest BCUT2D eigenvalue weighted by atomic mass is 9.95. The van der Waals surface area contributed by atoms with Crippen molar-refractivity contribution in [2.24, 2.45) is 0 Å². The normalized spacial score (nSPS) is 16.3. The van der Waals surface area contributed by atoms with Crippen LogP contribution in [0.3, 0.4) is 0 Å². The van der Waals surface area contributed by atoms with E-state index >= 15 is 0 Å². The molecule has 0 radical (unpaired) electrons. The van der Waals surface area contributed by atoms with E-state index in [0.717, 1.165) is 38.9 Å². The Labute approximate surface area is 175 Å². The zero-order valence-electron chi connectivity index (χ0n) is 17.6. The van der Waals surface area contributed by atoms with E-state index in [1.807, 2.05) is 30.9 Å². The largest absolute Gasteiger partial charge is 0.367 e. The molecule has 1 unspecified atom stereocenters. The van der Waals surface area contributed by atoms with Crippen LogP contribution in [0.2, 0.25) is 0 Å². The number of fused-ring (bicyclic) bond motifs is 3. The Hall–Kier alpha value is -2.93. The van der Waals surface area contributed by atoms with Crippen molar-refractivity contribution in [3.05, 3.63) is 36.9 Å². The summed E-state index contributed by atoms with van der Waals surface area (Å²) in [4.78, 5) is 12.5. The van der Waals surface area contributed by atoms with Gasteiger partial charge in [-0.1, -0.05) is 25.3 Å². The SMILES string of the molecule is CCOC(C)n1cc(-c2ccc3[nH]c4ncnc(NC5CCCCC5)c4c3c2)cn1. The van der Waals surface area contributed by atoms with Crippen LogP contribution in [0.25, 0.3) is 33.1 Å².